The van der Waals surface area contributed by atoms with Crippen LogP contribution in [0.4, 0.5) is 13.6 Å². The second-order valence-electron chi connectivity index (χ2n) is 6.14. The van der Waals surface area contributed by atoms with Gasteiger partial charge in [0.2, 0.25) is 0 Å². The normalized spacial score (nSPS) is 20.5. The third-order valence-electron chi connectivity index (χ3n) is 4.46. The average Bonchev–Trinajstić information content (AvgIpc) is 2.99. The highest BCUT2D eigenvalue weighted by atomic mass is 19.1. The Morgan fingerprint density at radius 2 is 2.04 bits per heavy atom. The molecule has 0 unspecified atom stereocenters. The van der Waals surface area contributed by atoms with E-state index in [0.29, 0.717) is 30.7 Å². The molecular weight excluding hydrogens is 334 g/mol. The summed E-state index contributed by atoms with van der Waals surface area (Å²) in [6.07, 6.45) is 0.878. The molecule has 1 aliphatic rings. The van der Waals surface area contributed by atoms with Gasteiger partial charge in [-0.25, -0.2) is 13.6 Å². The monoisotopic (exact) mass is 352 g/mol. The Balaban J connectivity index is 1.83. The SMILES string of the molecule is COC(=O)N1CC[C@@H](c2cc(=O)[nH]o2)C[C@@H]1Cc1cc(F)cc(F)c1. The van der Waals surface area contributed by atoms with E-state index in [1.54, 1.807) is 4.90 Å². The highest BCUT2D eigenvalue weighted by molar-refractivity contribution is 5.68. The van der Waals surface area contributed by atoms with Crippen LogP contribution in [0.5, 0.6) is 0 Å². The van der Waals surface area contributed by atoms with E-state index in [1.807, 2.05) is 0 Å². The lowest BCUT2D eigenvalue weighted by Gasteiger charge is -2.38. The molecule has 1 fully saturated rings. The number of methoxy groups -OCH3 is 1. The van der Waals surface area contributed by atoms with Gasteiger partial charge in [0.15, 0.2) is 0 Å². The molecule has 134 valence electrons. The lowest BCUT2D eigenvalue weighted by atomic mass is 9.86. The van der Waals surface area contributed by atoms with Crippen molar-refractivity contribution in [3.8, 4) is 0 Å². The summed E-state index contributed by atoms with van der Waals surface area (Å²) >= 11 is 0. The van der Waals surface area contributed by atoms with Gasteiger partial charge in [0.25, 0.3) is 5.56 Å². The molecule has 1 N–H and O–H groups in total. The van der Waals surface area contributed by atoms with Gasteiger partial charge in [0.05, 0.1) is 7.11 Å². The number of aromatic nitrogens is 1. The van der Waals surface area contributed by atoms with Gasteiger partial charge in [-0.2, -0.15) is 5.16 Å². The number of likely N-dealkylation sites (tertiary alicyclic amines) is 1. The van der Waals surface area contributed by atoms with Crippen LogP contribution in [0, 0.1) is 11.6 Å². The van der Waals surface area contributed by atoms with Crippen LogP contribution in [0.3, 0.4) is 0 Å². The molecule has 0 aliphatic carbocycles. The number of ether oxygens (including phenoxy) is 1. The first-order valence-electron chi connectivity index (χ1n) is 7.94. The molecule has 0 bridgehead atoms. The number of nitrogens with zero attached hydrogens (tertiary/aromatic N) is 1. The quantitative estimate of drug-likeness (QED) is 0.922. The van der Waals surface area contributed by atoms with Crippen molar-refractivity contribution in [2.75, 3.05) is 13.7 Å². The maximum Gasteiger partial charge on any atom is 0.409 e. The van der Waals surface area contributed by atoms with Crippen molar-refractivity contribution in [2.45, 2.75) is 31.2 Å². The molecule has 1 amide bonds. The van der Waals surface area contributed by atoms with Gasteiger partial charge < -0.3 is 14.2 Å². The average molecular weight is 352 g/mol. The fraction of sp³-hybridized carbons (Fsp3) is 0.412. The molecule has 1 aliphatic heterocycles. The third-order valence-corrected chi connectivity index (χ3v) is 4.46. The van der Waals surface area contributed by atoms with Gasteiger partial charge in [-0.3, -0.25) is 4.79 Å². The van der Waals surface area contributed by atoms with Gasteiger partial charge in [-0.05, 0) is 37.0 Å². The topological polar surface area (TPSA) is 75.5 Å². The van der Waals surface area contributed by atoms with E-state index in [0.717, 1.165) is 6.07 Å². The van der Waals surface area contributed by atoms with E-state index in [4.69, 9.17) is 9.26 Å². The third kappa shape index (κ3) is 3.89. The summed E-state index contributed by atoms with van der Waals surface area (Å²) in [6, 6.07) is 4.36. The molecule has 0 spiro atoms. The number of hydrogen-bond donors (Lipinski definition) is 1. The Labute approximate surface area is 142 Å². The van der Waals surface area contributed by atoms with Crippen LogP contribution in [0.25, 0.3) is 0 Å². The van der Waals surface area contributed by atoms with Gasteiger partial charge in [-0.15, -0.1) is 0 Å². The molecule has 6 nitrogen and oxygen atoms in total. The minimum Gasteiger partial charge on any atom is -0.453 e. The van der Waals surface area contributed by atoms with Gasteiger partial charge in [-0.1, -0.05) is 0 Å². The first-order valence-corrected chi connectivity index (χ1v) is 7.94. The Morgan fingerprint density at radius 3 is 2.64 bits per heavy atom. The van der Waals surface area contributed by atoms with Gasteiger partial charge in [0, 0.05) is 30.6 Å². The molecule has 0 radical (unpaired) electrons. The summed E-state index contributed by atoms with van der Waals surface area (Å²) in [5.74, 6) is -0.875. The van der Waals surface area contributed by atoms with Crippen molar-refractivity contribution < 1.29 is 22.8 Å². The standard InChI is InChI=1S/C17H18F2N2O4/c1-24-17(23)21-3-2-11(15-9-16(22)20-25-15)7-14(21)6-10-4-12(18)8-13(19)5-10/h4-5,8-9,11,14H,2-3,6-7H2,1H3,(H,20,22)/t11-,14+/m1/s1. The van der Waals surface area contributed by atoms with Crippen molar-refractivity contribution in [3.05, 3.63) is 57.6 Å². The van der Waals surface area contributed by atoms with E-state index in [9.17, 15) is 18.4 Å². The zero-order valence-electron chi connectivity index (χ0n) is 13.6. The molecule has 1 aromatic carbocycles. The van der Waals surface area contributed by atoms with E-state index < -0.39 is 17.7 Å². The second-order valence-corrected chi connectivity index (χ2v) is 6.14. The van der Waals surface area contributed by atoms with Crippen LogP contribution in [-0.4, -0.2) is 35.8 Å². The number of aromatic amines is 1. The number of hydrogen-bond acceptors (Lipinski definition) is 4. The summed E-state index contributed by atoms with van der Waals surface area (Å²) in [6.45, 7) is 0.398. The first kappa shape index (κ1) is 17.2. The number of rotatable bonds is 3. The van der Waals surface area contributed by atoms with E-state index >= 15 is 0 Å². The number of halogens is 2. The first-order chi connectivity index (χ1) is 12.0. The lowest BCUT2D eigenvalue weighted by molar-refractivity contribution is 0.0816. The fourth-order valence-electron chi connectivity index (χ4n) is 3.36. The van der Waals surface area contributed by atoms with Crippen LogP contribution in [-0.2, 0) is 11.2 Å². The van der Waals surface area contributed by atoms with Crippen LogP contribution in [0.1, 0.15) is 30.1 Å². The van der Waals surface area contributed by atoms with Gasteiger partial charge >= 0.3 is 6.09 Å². The van der Waals surface area contributed by atoms with E-state index in [2.05, 4.69) is 5.16 Å². The van der Waals surface area contributed by atoms with Crippen LogP contribution in [0.2, 0.25) is 0 Å². The van der Waals surface area contributed by atoms with E-state index in [-0.39, 0.29) is 23.9 Å². The van der Waals surface area contributed by atoms with Crippen LogP contribution < -0.4 is 5.56 Å². The molecule has 3 rings (SSSR count). The maximum absolute atomic E-state index is 13.4. The van der Waals surface area contributed by atoms with Crippen molar-refractivity contribution >= 4 is 6.09 Å². The lowest BCUT2D eigenvalue weighted by Crippen LogP contribution is -2.46. The highest BCUT2D eigenvalue weighted by Gasteiger charge is 2.34. The largest absolute Gasteiger partial charge is 0.453 e. The van der Waals surface area contributed by atoms with Crippen molar-refractivity contribution in [1.82, 2.24) is 10.1 Å². The van der Waals surface area contributed by atoms with Crippen LogP contribution in [0.15, 0.2) is 33.6 Å². The summed E-state index contributed by atoms with van der Waals surface area (Å²) in [5.41, 5.74) is 0.127. The molecule has 2 heterocycles. The van der Waals surface area contributed by atoms with E-state index in [1.165, 1.54) is 25.3 Å². The number of piperidine rings is 1. The molecular formula is C17H18F2N2O4. The Hall–Kier alpha value is -2.64. The number of carbonyl (C=O) groups is 1. The predicted molar refractivity (Wildman–Crippen MR) is 84.3 cm³/mol. The maximum atomic E-state index is 13.4. The number of nitrogens with one attached hydrogen (secondary N) is 1. The molecule has 0 saturated carbocycles. The summed E-state index contributed by atoms with van der Waals surface area (Å²) in [5, 5.41) is 2.26. The Bertz CT molecular complexity index is 797. The number of amides is 1. The zero-order valence-corrected chi connectivity index (χ0v) is 13.6. The highest BCUT2D eigenvalue weighted by Crippen LogP contribution is 2.33. The molecule has 25 heavy (non-hydrogen) atoms. The molecule has 2 aromatic rings. The Morgan fingerprint density at radius 1 is 1.32 bits per heavy atom. The summed E-state index contributed by atoms with van der Waals surface area (Å²) < 4.78 is 36.9. The van der Waals surface area contributed by atoms with Gasteiger partial charge in [0.1, 0.15) is 17.4 Å². The Kier molecular flexibility index (Phi) is 4.87. The zero-order chi connectivity index (χ0) is 18.0. The summed E-state index contributed by atoms with van der Waals surface area (Å²) in [4.78, 5) is 24.9. The minimum absolute atomic E-state index is 0.0664. The number of H-pyrrole nitrogens is 1. The smallest absolute Gasteiger partial charge is 0.409 e. The molecule has 2 atom stereocenters. The fourth-order valence-corrected chi connectivity index (χ4v) is 3.36. The van der Waals surface area contributed by atoms with Crippen molar-refractivity contribution in [3.63, 3.8) is 0 Å². The van der Waals surface area contributed by atoms with Crippen molar-refractivity contribution in [1.29, 1.82) is 0 Å². The molecule has 1 aromatic heterocycles. The number of benzene rings is 1. The predicted octanol–water partition coefficient (Wildman–Crippen LogP) is 2.80. The van der Waals surface area contributed by atoms with Crippen molar-refractivity contribution in [2.24, 2.45) is 0 Å². The number of carbonyl (C=O) groups excluding carboxylic acids is 1. The minimum atomic E-state index is -0.663. The summed E-state index contributed by atoms with van der Waals surface area (Å²) in [7, 11) is 1.29. The molecule has 1 saturated heterocycles. The molecule has 8 heteroatoms. The van der Waals surface area contributed by atoms with Crippen LogP contribution >= 0.6 is 0 Å². The second kappa shape index (κ2) is 7.08.